The standard InChI is InChI=1S/C22H31N3O4/c1-23-16-21(29-20(23)27)10-14-24(15-11-21)17-22(28)9-5-12-25(19(22)26)13-8-18-6-3-2-4-7-18/h2-4,6-7,28H,5,8-17H2,1H3. The van der Waals surface area contributed by atoms with Gasteiger partial charge in [0, 0.05) is 52.6 Å². The third kappa shape index (κ3) is 4.26. The second-order valence-electron chi connectivity index (χ2n) is 8.85. The summed E-state index contributed by atoms with van der Waals surface area (Å²) in [4.78, 5) is 30.4. The highest BCUT2D eigenvalue weighted by molar-refractivity contribution is 5.86. The number of carbonyl (C=O) groups excluding carboxylic acids is 2. The zero-order valence-electron chi connectivity index (χ0n) is 17.2. The van der Waals surface area contributed by atoms with Gasteiger partial charge in [0.25, 0.3) is 5.91 Å². The number of likely N-dealkylation sites (N-methyl/N-ethyl adjacent to an activating group) is 1. The summed E-state index contributed by atoms with van der Waals surface area (Å²) < 4.78 is 5.60. The van der Waals surface area contributed by atoms with Crippen LogP contribution in [-0.2, 0) is 16.0 Å². The van der Waals surface area contributed by atoms with Crippen LogP contribution < -0.4 is 0 Å². The molecule has 0 saturated carbocycles. The Morgan fingerprint density at radius 3 is 2.45 bits per heavy atom. The maximum Gasteiger partial charge on any atom is 0.410 e. The predicted molar refractivity (Wildman–Crippen MR) is 108 cm³/mol. The first-order chi connectivity index (χ1) is 13.9. The van der Waals surface area contributed by atoms with Crippen molar-refractivity contribution in [1.82, 2.24) is 14.7 Å². The van der Waals surface area contributed by atoms with E-state index in [0.29, 0.717) is 32.6 Å². The Labute approximate surface area is 172 Å². The van der Waals surface area contributed by atoms with Crippen molar-refractivity contribution in [2.75, 3.05) is 46.3 Å². The van der Waals surface area contributed by atoms with Crippen LogP contribution in [0.25, 0.3) is 0 Å². The van der Waals surface area contributed by atoms with E-state index in [-0.39, 0.29) is 12.0 Å². The van der Waals surface area contributed by atoms with Crippen molar-refractivity contribution < 1.29 is 19.4 Å². The van der Waals surface area contributed by atoms with Crippen LogP contribution in [0.15, 0.2) is 30.3 Å². The summed E-state index contributed by atoms with van der Waals surface area (Å²) in [5.41, 5.74) is -0.516. The Kier molecular flexibility index (Phi) is 5.53. The number of hydrogen-bond acceptors (Lipinski definition) is 5. The largest absolute Gasteiger partial charge is 0.441 e. The summed E-state index contributed by atoms with van der Waals surface area (Å²) in [6, 6.07) is 10.1. The van der Waals surface area contributed by atoms with Gasteiger partial charge >= 0.3 is 6.09 Å². The number of β-amino-alcohol motifs (C(OH)–C–C–N with tert-alkyl or cyclic N) is 1. The number of amides is 2. The number of likely N-dealkylation sites (tertiary alicyclic amines) is 2. The fourth-order valence-corrected chi connectivity index (χ4v) is 4.87. The minimum atomic E-state index is -1.32. The molecule has 1 aromatic carbocycles. The van der Waals surface area contributed by atoms with Gasteiger partial charge < -0.3 is 19.6 Å². The molecule has 1 atom stereocenters. The smallest absolute Gasteiger partial charge is 0.410 e. The summed E-state index contributed by atoms with van der Waals surface area (Å²) in [5, 5.41) is 11.2. The van der Waals surface area contributed by atoms with Gasteiger partial charge in [-0.15, -0.1) is 0 Å². The molecule has 0 bridgehead atoms. The molecule has 0 aliphatic carbocycles. The number of aliphatic hydroxyl groups is 1. The summed E-state index contributed by atoms with van der Waals surface area (Å²) in [6.07, 6.45) is 3.35. The SMILES string of the molecule is CN1CC2(CCN(CC3(O)CCCN(CCc4ccccc4)C3=O)CC2)OC1=O. The van der Waals surface area contributed by atoms with Crippen LogP contribution >= 0.6 is 0 Å². The minimum absolute atomic E-state index is 0.146. The molecule has 3 fully saturated rings. The monoisotopic (exact) mass is 401 g/mol. The van der Waals surface area contributed by atoms with Crippen molar-refractivity contribution >= 4 is 12.0 Å². The number of ether oxygens (including phenoxy) is 1. The number of benzene rings is 1. The molecule has 1 aromatic rings. The van der Waals surface area contributed by atoms with Gasteiger partial charge in [0.05, 0.1) is 6.54 Å². The Balaban J connectivity index is 1.32. The molecule has 0 aromatic heterocycles. The van der Waals surface area contributed by atoms with Crippen LogP contribution in [0.2, 0.25) is 0 Å². The average molecular weight is 402 g/mol. The molecule has 29 heavy (non-hydrogen) atoms. The normalized spacial score (nSPS) is 27.5. The molecule has 3 aliphatic rings. The van der Waals surface area contributed by atoms with Gasteiger partial charge in [0.2, 0.25) is 0 Å². The lowest BCUT2D eigenvalue weighted by molar-refractivity contribution is -0.160. The zero-order chi connectivity index (χ0) is 20.5. The lowest BCUT2D eigenvalue weighted by Gasteiger charge is -2.43. The minimum Gasteiger partial charge on any atom is -0.441 e. The molecular weight excluding hydrogens is 370 g/mol. The highest BCUT2D eigenvalue weighted by Gasteiger charge is 2.48. The molecular formula is C22H31N3O4. The van der Waals surface area contributed by atoms with Gasteiger partial charge in [-0.05, 0) is 24.8 Å². The third-order valence-electron chi connectivity index (χ3n) is 6.61. The van der Waals surface area contributed by atoms with Gasteiger partial charge in [-0.25, -0.2) is 4.79 Å². The van der Waals surface area contributed by atoms with Crippen LogP contribution in [0.4, 0.5) is 4.79 Å². The first-order valence-corrected chi connectivity index (χ1v) is 10.6. The van der Waals surface area contributed by atoms with E-state index in [1.54, 1.807) is 11.9 Å². The number of rotatable bonds is 5. The molecule has 3 heterocycles. The van der Waals surface area contributed by atoms with Crippen molar-refractivity contribution in [3.05, 3.63) is 35.9 Å². The molecule has 7 nitrogen and oxygen atoms in total. The molecule has 4 rings (SSSR count). The maximum atomic E-state index is 13.1. The Hall–Kier alpha value is -2.12. The topological polar surface area (TPSA) is 73.3 Å². The van der Waals surface area contributed by atoms with Crippen molar-refractivity contribution in [2.45, 2.75) is 43.3 Å². The van der Waals surface area contributed by atoms with E-state index in [2.05, 4.69) is 17.0 Å². The fraction of sp³-hybridized carbons (Fsp3) is 0.636. The molecule has 1 N–H and O–H groups in total. The quantitative estimate of drug-likeness (QED) is 0.810. The Morgan fingerprint density at radius 2 is 1.79 bits per heavy atom. The van der Waals surface area contributed by atoms with E-state index in [4.69, 9.17) is 4.74 Å². The second kappa shape index (κ2) is 7.95. The molecule has 3 aliphatic heterocycles. The van der Waals surface area contributed by atoms with E-state index >= 15 is 0 Å². The highest BCUT2D eigenvalue weighted by atomic mass is 16.6. The molecule has 1 unspecified atom stereocenters. The number of nitrogens with zero attached hydrogens (tertiary/aromatic N) is 3. The molecule has 3 saturated heterocycles. The molecule has 158 valence electrons. The molecule has 7 heteroatoms. The van der Waals surface area contributed by atoms with Crippen LogP contribution in [0.1, 0.15) is 31.2 Å². The van der Waals surface area contributed by atoms with Crippen LogP contribution in [0.5, 0.6) is 0 Å². The van der Waals surface area contributed by atoms with Crippen molar-refractivity contribution in [3.8, 4) is 0 Å². The van der Waals surface area contributed by atoms with Gasteiger partial charge in [-0.2, -0.15) is 0 Å². The van der Waals surface area contributed by atoms with Crippen LogP contribution in [-0.4, -0.2) is 89.3 Å². The van der Waals surface area contributed by atoms with Crippen molar-refractivity contribution in [2.24, 2.45) is 0 Å². The summed E-state index contributed by atoms with van der Waals surface area (Å²) in [6.45, 7) is 3.76. The van der Waals surface area contributed by atoms with E-state index in [1.165, 1.54) is 5.56 Å². The first kappa shape index (κ1) is 20.2. The molecule has 1 spiro atoms. The van der Waals surface area contributed by atoms with Gasteiger partial charge in [-0.1, -0.05) is 30.3 Å². The number of hydrogen-bond donors (Lipinski definition) is 1. The van der Waals surface area contributed by atoms with Gasteiger partial charge in [0.15, 0.2) is 5.60 Å². The van der Waals surface area contributed by atoms with Gasteiger partial charge in [0.1, 0.15) is 5.60 Å². The third-order valence-corrected chi connectivity index (χ3v) is 6.61. The predicted octanol–water partition coefficient (Wildman–Crippen LogP) is 1.50. The summed E-state index contributed by atoms with van der Waals surface area (Å²) in [5.74, 6) is -0.146. The van der Waals surface area contributed by atoms with E-state index in [1.807, 2.05) is 23.1 Å². The van der Waals surface area contributed by atoms with Crippen molar-refractivity contribution in [3.63, 3.8) is 0 Å². The zero-order valence-corrected chi connectivity index (χ0v) is 17.2. The van der Waals surface area contributed by atoms with Gasteiger partial charge in [-0.3, -0.25) is 9.69 Å². The van der Waals surface area contributed by atoms with E-state index < -0.39 is 11.2 Å². The first-order valence-electron chi connectivity index (χ1n) is 10.6. The van der Waals surface area contributed by atoms with Crippen molar-refractivity contribution in [1.29, 1.82) is 0 Å². The molecule has 0 radical (unpaired) electrons. The molecule has 2 amide bonds. The Bertz CT molecular complexity index is 748. The number of piperidine rings is 2. The highest BCUT2D eigenvalue weighted by Crippen LogP contribution is 2.34. The van der Waals surface area contributed by atoms with Crippen LogP contribution in [0.3, 0.4) is 0 Å². The fourth-order valence-electron chi connectivity index (χ4n) is 4.87. The summed E-state index contributed by atoms with van der Waals surface area (Å²) in [7, 11) is 1.76. The lowest BCUT2D eigenvalue weighted by atomic mass is 9.87. The maximum absolute atomic E-state index is 13.1. The Morgan fingerprint density at radius 1 is 1.07 bits per heavy atom. The van der Waals surface area contributed by atoms with E-state index in [0.717, 1.165) is 38.8 Å². The summed E-state index contributed by atoms with van der Waals surface area (Å²) >= 11 is 0. The second-order valence-corrected chi connectivity index (χ2v) is 8.85. The lowest BCUT2D eigenvalue weighted by Crippen LogP contribution is -2.60. The van der Waals surface area contributed by atoms with E-state index in [9.17, 15) is 14.7 Å². The van der Waals surface area contributed by atoms with Crippen LogP contribution in [0, 0.1) is 0 Å². The average Bonchev–Trinajstić information content (AvgIpc) is 2.99. The number of carbonyl (C=O) groups is 2.